The Morgan fingerprint density at radius 2 is 2.15 bits per heavy atom. The van der Waals surface area contributed by atoms with E-state index in [4.69, 9.17) is 16.3 Å². The third-order valence-electron chi connectivity index (χ3n) is 1.76. The molecule has 1 aromatic heterocycles. The van der Waals surface area contributed by atoms with Gasteiger partial charge in [0.2, 0.25) is 5.88 Å². The van der Waals surface area contributed by atoms with E-state index in [1.54, 1.807) is 19.2 Å². The van der Waals surface area contributed by atoms with Crippen molar-refractivity contribution in [1.82, 2.24) is 9.97 Å². The fourth-order valence-corrected chi connectivity index (χ4v) is 1.33. The molecule has 66 valence electrons. The fourth-order valence-electron chi connectivity index (χ4n) is 1.17. The normalized spacial score (nSPS) is 10.3. The minimum Gasteiger partial charge on any atom is -0.480 e. The van der Waals surface area contributed by atoms with Gasteiger partial charge in [0, 0.05) is 5.02 Å². The average molecular weight is 195 g/mol. The standard InChI is InChI=1S/C9H7ClN2O/c1-13-9-7-3-2-6(10)4-8(7)11-5-12-9/h2-5H,1H3. The Balaban J connectivity index is 2.77. The maximum absolute atomic E-state index is 5.81. The highest BCUT2D eigenvalue weighted by Gasteiger charge is 2.02. The summed E-state index contributed by atoms with van der Waals surface area (Å²) in [6, 6.07) is 5.41. The van der Waals surface area contributed by atoms with Crippen LogP contribution < -0.4 is 4.74 Å². The molecule has 0 radical (unpaired) electrons. The van der Waals surface area contributed by atoms with Gasteiger partial charge in [0.1, 0.15) is 6.33 Å². The molecule has 13 heavy (non-hydrogen) atoms. The van der Waals surface area contributed by atoms with E-state index in [0.717, 1.165) is 10.9 Å². The second kappa shape index (κ2) is 3.18. The Labute approximate surface area is 80.3 Å². The van der Waals surface area contributed by atoms with Gasteiger partial charge in [-0.05, 0) is 18.2 Å². The summed E-state index contributed by atoms with van der Waals surface area (Å²) in [5.41, 5.74) is 0.791. The average Bonchev–Trinajstić information content (AvgIpc) is 2.16. The molecule has 4 heteroatoms. The van der Waals surface area contributed by atoms with Crippen molar-refractivity contribution in [3.63, 3.8) is 0 Å². The van der Waals surface area contributed by atoms with Crippen molar-refractivity contribution < 1.29 is 4.74 Å². The first-order valence-corrected chi connectivity index (χ1v) is 4.13. The van der Waals surface area contributed by atoms with Crippen LogP contribution in [-0.2, 0) is 0 Å². The van der Waals surface area contributed by atoms with Crippen LogP contribution in [0.1, 0.15) is 0 Å². The zero-order valence-electron chi connectivity index (χ0n) is 6.99. The first kappa shape index (κ1) is 8.26. The van der Waals surface area contributed by atoms with Gasteiger partial charge in [-0.2, -0.15) is 0 Å². The van der Waals surface area contributed by atoms with Crippen LogP contribution in [0.15, 0.2) is 24.5 Å². The van der Waals surface area contributed by atoms with Crippen LogP contribution in [0.4, 0.5) is 0 Å². The zero-order chi connectivity index (χ0) is 9.26. The Bertz CT molecular complexity index is 445. The highest BCUT2D eigenvalue weighted by Crippen LogP contribution is 2.23. The summed E-state index contributed by atoms with van der Waals surface area (Å²) < 4.78 is 5.07. The number of hydrogen-bond donors (Lipinski definition) is 0. The van der Waals surface area contributed by atoms with E-state index in [2.05, 4.69) is 9.97 Å². The minimum atomic E-state index is 0.571. The van der Waals surface area contributed by atoms with Gasteiger partial charge in [-0.1, -0.05) is 11.6 Å². The maximum atomic E-state index is 5.81. The minimum absolute atomic E-state index is 0.571. The maximum Gasteiger partial charge on any atom is 0.224 e. The Kier molecular flexibility index (Phi) is 2.02. The molecule has 0 aliphatic rings. The first-order valence-electron chi connectivity index (χ1n) is 3.75. The van der Waals surface area contributed by atoms with Crippen LogP contribution in [0.2, 0.25) is 5.02 Å². The first-order chi connectivity index (χ1) is 6.31. The summed E-state index contributed by atoms with van der Waals surface area (Å²) in [5.74, 6) is 0.571. The quantitative estimate of drug-likeness (QED) is 0.699. The van der Waals surface area contributed by atoms with Crippen LogP contribution >= 0.6 is 11.6 Å². The molecule has 0 saturated carbocycles. The molecule has 1 aromatic carbocycles. The van der Waals surface area contributed by atoms with Gasteiger partial charge in [0.15, 0.2) is 0 Å². The molecule has 0 unspecified atom stereocenters. The van der Waals surface area contributed by atoms with Crippen molar-refractivity contribution >= 4 is 22.5 Å². The highest BCUT2D eigenvalue weighted by molar-refractivity contribution is 6.31. The number of hydrogen-bond acceptors (Lipinski definition) is 3. The summed E-state index contributed by atoms with van der Waals surface area (Å²) in [5, 5.41) is 1.53. The Morgan fingerprint density at radius 1 is 1.31 bits per heavy atom. The van der Waals surface area contributed by atoms with Crippen molar-refractivity contribution in [2.24, 2.45) is 0 Å². The fraction of sp³-hybridized carbons (Fsp3) is 0.111. The van der Waals surface area contributed by atoms with E-state index >= 15 is 0 Å². The number of fused-ring (bicyclic) bond motifs is 1. The van der Waals surface area contributed by atoms with Crippen LogP contribution in [0, 0.1) is 0 Å². The number of aromatic nitrogens is 2. The number of benzene rings is 1. The van der Waals surface area contributed by atoms with Gasteiger partial charge in [0.05, 0.1) is 18.0 Å². The molecular weight excluding hydrogens is 188 g/mol. The van der Waals surface area contributed by atoms with Crippen LogP contribution in [0.3, 0.4) is 0 Å². The Morgan fingerprint density at radius 3 is 2.92 bits per heavy atom. The van der Waals surface area contributed by atoms with Gasteiger partial charge in [0.25, 0.3) is 0 Å². The van der Waals surface area contributed by atoms with E-state index in [0.29, 0.717) is 10.9 Å². The van der Waals surface area contributed by atoms with E-state index in [9.17, 15) is 0 Å². The van der Waals surface area contributed by atoms with Gasteiger partial charge in [-0.3, -0.25) is 0 Å². The molecule has 0 aliphatic heterocycles. The van der Waals surface area contributed by atoms with E-state index in [-0.39, 0.29) is 0 Å². The third-order valence-corrected chi connectivity index (χ3v) is 1.99. The summed E-state index contributed by atoms with van der Waals surface area (Å²) in [6.07, 6.45) is 1.46. The second-order valence-electron chi connectivity index (χ2n) is 2.54. The smallest absolute Gasteiger partial charge is 0.224 e. The number of nitrogens with zero attached hydrogens (tertiary/aromatic N) is 2. The van der Waals surface area contributed by atoms with Crippen molar-refractivity contribution in [2.75, 3.05) is 7.11 Å². The molecule has 0 amide bonds. The topological polar surface area (TPSA) is 35.0 Å². The van der Waals surface area contributed by atoms with Crippen LogP contribution in [-0.4, -0.2) is 17.1 Å². The molecule has 1 heterocycles. The summed E-state index contributed by atoms with van der Waals surface area (Å²) in [7, 11) is 1.58. The molecule has 0 aliphatic carbocycles. The van der Waals surface area contributed by atoms with Crippen molar-refractivity contribution in [3.8, 4) is 5.88 Å². The molecule has 0 bridgehead atoms. The predicted octanol–water partition coefficient (Wildman–Crippen LogP) is 2.29. The molecule has 0 N–H and O–H groups in total. The summed E-state index contributed by atoms with van der Waals surface area (Å²) >= 11 is 5.81. The summed E-state index contributed by atoms with van der Waals surface area (Å²) in [4.78, 5) is 8.05. The second-order valence-corrected chi connectivity index (χ2v) is 2.98. The van der Waals surface area contributed by atoms with Crippen molar-refractivity contribution in [1.29, 1.82) is 0 Å². The lowest BCUT2D eigenvalue weighted by Gasteiger charge is -2.02. The lowest BCUT2D eigenvalue weighted by atomic mass is 10.2. The molecular formula is C9H7ClN2O. The Hall–Kier alpha value is -1.35. The monoisotopic (exact) mass is 194 g/mol. The SMILES string of the molecule is COc1ncnc2cc(Cl)ccc12. The predicted molar refractivity (Wildman–Crippen MR) is 51.1 cm³/mol. The van der Waals surface area contributed by atoms with Crippen LogP contribution in [0.25, 0.3) is 10.9 Å². The van der Waals surface area contributed by atoms with Gasteiger partial charge in [-0.25, -0.2) is 9.97 Å². The van der Waals surface area contributed by atoms with E-state index < -0.39 is 0 Å². The van der Waals surface area contributed by atoms with Gasteiger partial charge < -0.3 is 4.74 Å². The van der Waals surface area contributed by atoms with Crippen molar-refractivity contribution in [2.45, 2.75) is 0 Å². The molecule has 0 saturated heterocycles. The third kappa shape index (κ3) is 1.42. The lowest BCUT2D eigenvalue weighted by Crippen LogP contribution is -1.90. The molecule has 2 aromatic rings. The molecule has 0 fully saturated rings. The number of halogens is 1. The summed E-state index contributed by atoms with van der Waals surface area (Å²) in [6.45, 7) is 0. The largest absolute Gasteiger partial charge is 0.480 e. The van der Waals surface area contributed by atoms with Gasteiger partial charge >= 0.3 is 0 Å². The number of methoxy groups -OCH3 is 1. The molecule has 3 nitrogen and oxygen atoms in total. The van der Waals surface area contributed by atoms with Crippen LogP contribution in [0.5, 0.6) is 5.88 Å². The number of ether oxygens (including phenoxy) is 1. The van der Waals surface area contributed by atoms with Gasteiger partial charge in [-0.15, -0.1) is 0 Å². The molecule has 0 spiro atoms. The lowest BCUT2D eigenvalue weighted by molar-refractivity contribution is 0.402. The molecule has 0 atom stereocenters. The van der Waals surface area contributed by atoms with E-state index in [1.165, 1.54) is 6.33 Å². The highest BCUT2D eigenvalue weighted by atomic mass is 35.5. The molecule has 2 rings (SSSR count). The van der Waals surface area contributed by atoms with E-state index in [1.807, 2.05) is 6.07 Å². The van der Waals surface area contributed by atoms with Crippen molar-refractivity contribution in [3.05, 3.63) is 29.5 Å². The number of rotatable bonds is 1. The zero-order valence-corrected chi connectivity index (χ0v) is 7.75.